The van der Waals surface area contributed by atoms with Gasteiger partial charge in [-0.1, -0.05) is 32.4 Å². The first-order chi connectivity index (χ1) is 11.7. The van der Waals surface area contributed by atoms with Gasteiger partial charge in [0.2, 0.25) is 0 Å². The Balaban J connectivity index is 2.05. The van der Waals surface area contributed by atoms with Crippen molar-refractivity contribution < 1.29 is 4.79 Å². The minimum atomic E-state index is -0.370. The van der Waals surface area contributed by atoms with Gasteiger partial charge in [0.05, 0.1) is 0 Å². The summed E-state index contributed by atoms with van der Waals surface area (Å²) in [6.07, 6.45) is 5.98. The summed E-state index contributed by atoms with van der Waals surface area (Å²) >= 11 is 1.60. The number of nitrogens with zero attached hydrogens (tertiary/aromatic N) is 1. The number of benzene rings is 1. The number of nitriles is 1. The van der Waals surface area contributed by atoms with Gasteiger partial charge < -0.3 is 5.32 Å². The van der Waals surface area contributed by atoms with Gasteiger partial charge in [0.25, 0.3) is 5.91 Å². The van der Waals surface area contributed by atoms with Crippen molar-refractivity contribution in [3.8, 4) is 6.07 Å². The van der Waals surface area contributed by atoms with Crippen molar-refractivity contribution in [2.45, 2.75) is 39.5 Å². The lowest BCUT2D eigenvalue weighted by atomic mass is 10.1. The van der Waals surface area contributed by atoms with Crippen LogP contribution in [0.2, 0.25) is 0 Å². The van der Waals surface area contributed by atoms with E-state index in [1.165, 1.54) is 10.4 Å². The van der Waals surface area contributed by atoms with Gasteiger partial charge in [0.15, 0.2) is 0 Å². The topological polar surface area (TPSA) is 52.9 Å². The molecule has 0 radical (unpaired) electrons. The number of rotatable bonds is 7. The first kappa shape index (κ1) is 18.0. The van der Waals surface area contributed by atoms with Gasteiger partial charge in [-0.3, -0.25) is 4.79 Å². The average Bonchev–Trinajstić information content (AvgIpc) is 3.06. The molecule has 0 bridgehead atoms. The molecule has 0 aliphatic rings. The molecule has 0 atom stereocenters. The highest BCUT2D eigenvalue weighted by atomic mass is 32.1. The van der Waals surface area contributed by atoms with Crippen LogP contribution in [-0.4, -0.2) is 5.91 Å². The summed E-state index contributed by atoms with van der Waals surface area (Å²) in [5, 5.41) is 12.1. The van der Waals surface area contributed by atoms with E-state index in [1.54, 1.807) is 17.4 Å². The number of carbonyl (C=O) groups excluding carboxylic acids is 1. The SMILES string of the molecule is CCCCc1ccc(NC(=O)/C(C#N)=C/c2ccc(CC)s2)cc1. The maximum absolute atomic E-state index is 12.3. The van der Waals surface area contributed by atoms with E-state index in [4.69, 9.17) is 0 Å². The first-order valence-electron chi connectivity index (χ1n) is 8.27. The summed E-state index contributed by atoms with van der Waals surface area (Å²) in [4.78, 5) is 14.4. The van der Waals surface area contributed by atoms with Crippen molar-refractivity contribution in [2.75, 3.05) is 5.32 Å². The van der Waals surface area contributed by atoms with Gasteiger partial charge in [0, 0.05) is 15.4 Å². The monoisotopic (exact) mass is 338 g/mol. The van der Waals surface area contributed by atoms with Gasteiger partial charge in [0.1, 0.15) is 11.6 Å². The normalized spacial score (nSPS) is 11.1. The minimum Gasteiger partial charge on any atom is -0.321 e. The Morgan fingerprint density at radius 1 is 1.21 bits per heavy atom. The number of carbonyl (C=O) groups is 1. The fourth-order valence-electron chi connectivity index (χ4n) is 2.29. The number of thiophene rings is 1. The molecule has 2 aromatic rings. The van der Waals surface area contributed by atoms with Crippen molar-refractivity contribution in [1.29, 1.82) is 5.26 Å². The molecule has 124 valence electrons. The molecular weight excluding hydrogens is 316 g/mol. The van der Waals surface area contributed by atoms with Crippen molar-refractivity contribution in [2.24, 2.45) is 0 Å². The zero-order chi connectivity index (χ0) is 17.4. The average molecular weight is 338 g/mol. The molecule has 0 unspecified atom stereocenters. The molecule has 24 heavy (non-hydrogen) atoms. The molecule has 1 aromatic heterocycles. The predicted octanol–water partition coefficient (Wildman–Crippen LogP) is 5.20. The summed E-state index contributed by atoms with van der Waals surface area (Å²) in [6, 6.07) is 13.8. The third-order valence-corrected chi connectivity index (χ3v) is 4.89. The summed E-state index contributed by atoms with van der Waals surface area (Å²) < 4.78 is 0. The van der Waals surface area contributed by atoms with Crippen molar-refractivity contribution in [1.82, 2.24) is 0 Å². The van der Waals surface area contributed by atoms with Crippen LogP contribution in [0.25, 0.3) is 6.08 Å². The number of aryl methyl sites for hydroxylation is 2. The van der Waals surface area contributed by atoms with Crippen LogP contribution in [0.15, 0.2) is 42.0 Å². The quantitative estimate of drug-likeness (QED) is 0.557. The van der Waals surface area contributed by atoms with Crippen LogP contribution in [-0.2, 0) is 17.6 Å². The second kappa shape index (κ2) is 9.05. The Morgan fingerprint density at radius 2 is 1.96 bits per heavy atom. The van der Waals surface area contributed by atoms with Gasteiger partial charge >= 0.3 is 0 Å². The summed E-state index contributed by atoms with van der Waals surface area (Å²) in [5.41, 5.74) is 2.09. The summed E-state index contributed by atoms with van der Waals surface area (Å²) in [7, 11) is 0. The number of unbranched alkanes of at least 4 members (excludes halogenated alkanes) is 1. The fourth-order valence-corrected chi connectivity index (χ4v) is 3.18. The zero-order valence-corrected chi connectivity index (χ0v) is 15.0. The van der Waals surface area contributed by atoms with E-state index in [0.29, 0.717) is 5.69 Å². The number of anilines is 1. The van der Waals surface area contributed by atoms with E-state index in [-0.39, 0.29) is 11.5 Å². The Hall–Kier alpha value is -2.38. The molecule has 0 saturated heterocycles. The Bertz CT molecular complexity index is 751. The molecule has 0 aliphatic heterocycles. The first-order valence-corrected chi connectivity index (χ1v) is 9.08. The summed E-state index contributed by atoms with van der Waals surface area (Å²) in [5.74, 6) is -0.370. The smallest absolute Gasteiger partial charge is 0.266 e. The molecule has 2 rings (SSSR count). The third-order valence-electron chi connectivity index (χ3n) is 3.71. The summed E-state index contributed by atoms with van der Waals surface area (Å²) in [6.45, 7) is 4.25. The largest absolute Gasteiger partial charge is 0.321 e. The highest BCUT2D eigenvalue weighted by Crippen LogP contribution is 2.20. The zero-order valence-electron chi connectivity index (χ0n) is 14.1. The lowest BCUT2D eigenvalue weighted by molar-refractivity contribution is -0.112. The van der Waals surface area contributed by atoms with Crippen LogP contribution in [0.4, 0.5) is 5.69 Å². The van der Waals surface area contributed by atoms with Crippen LogP contribution in [0.1, 0.15) is 42.0 Å². The maximum atomic E-state index is 12.3. The van der Waals surface area contributed by atoms with Crippen LogP contribution >= 0.6 is 11.3 Å². The Labute approximate surface area is 147 Å². The maximum Gasteiger partial charge on any atom is 0.266 e. The van der Waals surface area contributed by atoms with Crippen molar-refractivity contribution >= 4 is 29.0 Å². The highest BCUT2D eigenvalue weighted by Gasteiger charge is 2.10. The lowest BCUT2D eigenvalue weighted by Crippen LogP contribution is -2.13. The third kappa shape index (κ3) is 5.07. The van der Waals surface area contributed by atoms with E-state index in [0.717, 1.165) is 30.6 Å². The molecule has 0 fully saturated rings. The van der Waals surface area contributed by atoms with Crippen LogP contribution < -0.4 is 5.32 Å². The standard InChI is InChI=1S/C20H22N2OS/c1-3-5-6-15-7-9-17(10-8-15)22-20(23)16(14-21)13-19-12-11-18(4-2)24-19/h7-13H,3-6H2,1-2H3,(H,22,23)/b16-13+. The van der Waals surface area contributed by atoms with Gasteiger partial charge in [-0.05, 0) is 55.2 Å². The number of hydrogen-bond donors (Lipinski definition) is 1. The molecule has 3 nitrogen and oxygen atoms in total. The van der Waals surface area contributed by atoms with E-state index >= 15 is 0 Å². The molecule has 1 heterocycles. The molecule has 0 spiro atoms. The van der Waals surface area contributed by atoms with Gasteiger partial charge in [-0.15, -0.1) is 11.3 Å². The highest BCUT2D eigenvalue weighted by molar-refractivity contribution is 7.12. The number of amides is 1. The van der Waals surface area contributed by atoms with Gasteiger partial charge in [-0.25, -0.2) is 0 Å². The Morgan fingerprint density at radius 3 is 2.54 bits per heavy atom. The molecule has 1 amide bonds. The van der Waals surface area contributed by atoms with Crippen molar-refractivity contribution in [3.63, 3.8) is 0 Å². The van der Waals surface area contributed by atoms with Crippen LogP contribution in [0, 0.1) is 11.3 Å². The van der Waals surface area contributed by atoms with Crippen LogP contribution in [0.5, 0.6) is 0 Å². The van der Waals surface area contributed by atoms with E-state index in [2.05, 4.69) is 19.2 Å². The van der Waals surface area contributed by atoms with Crippen LogP contribution in [0.3, 0.4) is 0 Å². The molecule has 0 aliphatic carbocycles. The molecule has 1 N–H and O–H groups in total. The Kier molecular flexibility index (Phi) is 6.77. The predicted molar refractivity (Wildman–Crippen MR) is 101 cm³/mol. The van der Waals surface area contributed by atoms with E-state index in [1.807, 2.05) is 42.5 Å². The van der Waals surface area contributed by atoms with Gasteiger partial charge in [-0.2, -0.15) is 5.26 Å². The van der Waals surface area contributed by atoms with E-state index < -0.39 is 0 Å². The second-order valence-corrected chi connectivity index (χ2v) is 6.78. The molecule has 1 aromatic carbocycles. The molecule has 4 heteroatoms. The van der Waals surface area contributed by atoms with E-state index in [9.17, 15) is 10.1 Å². The number of nitrogens with one attached hydrogen (secondary N) is 1. The molecule has 0 saturated carbocycles. The number of hydrogen-bond acceptors (Lipinski definition) is 3. The van der Waals surface area contributed by atoms with Crippen molar-refractivity contribution in [3.05, 3.63) is 57.3 Å². The molecular formula is C20H22N2OS. The minimum absolute atomic E-state index is 0.120. The fraction of sp³-hybridized carbons (Fsp3) is 0.300. The second-order valence-electron chi connectivity index (χ2n) is 5.58. The lowest BCUT2D eigenvalue weighted by Gasteiger charge is -2.06.